The van der Waals surface area contributed by atoms with Gasteiger partial charge in [-0.05, 0) is 12.1 Å². The maximum Gasteiger partial charge on any atom is 0.510 e. The fourth-order valence-electron chi connectivity index (χ4n) is 2.80. The highest BCUT2D eigenvalue weighted by molar-refractivity contribution is 6.31. The van der Waals surface area contributed by atoms with Crippen molar-refractivity contribution in [3.05, 3.63) is 34.6 Å². The maximum absolute atomic E-state index is 13.9. The van der Waals surface area contributed by atoms with Gasteiger partial charge in [0.2, 0.25) is 11.8 Å². The van der Waals surface area contributed by atoms with Crippen LogP contribution in [0.15, 0.2) is 18.2 Å². The number of rotatable bonds is 4. The number of benzene rings is 1. The number of halogens is 2. The van der Waals surface area contributed by atoms with Crippen molar-refractivity contribution in [2.24, 2.45) is 0 Å². The first-order valence-electron chi connectivity index (χ1n) is 8.03. The predicted octanol–water partition coefficient (Wildman–Crippen LogP) is 2.26. The fourth-order valence-corrected chi connectivity index (χ4v) is 3.03. The van der Waals surface area contributed by atoms with Crippen LogP contribution in [0.5, 0.6) is 0 Å². The SMILES string of the molecule is COC(=O)OC1(NC(=O)Cc2c(F)cccc2Cl)CCN(C(C)=O)CC1. The Bertz CT molecular complexity index is 684. The maximum atomic E-state index is 13.9. The van der Waals surface area contributed by atoms with Crippen molar-refractivity contribution in [2.75, 3.05) is 20.2 Å². The van der Waals surface area contributed by atoms with Gasteiger partial charge in [0, 0.05) is 43.4 Å². The van der Waals surface area contributed by atoms with Crippen molar-refractivity contribution in [1.29, 1.82) is 0 Å². The largest absolute Gasteiger partial charge is 0.510 e. The number of carbonyl (C=O) groups excluding carboxylic acids is 3. The zero-order valence-electron chi connectivity index (χ0n) is 14.5. The Morgan fingerprint density at radius 2 is 1.96 bits per heavy atom. The van der Waals surface area contributed by atoms with Gasteiger partial charge >= 0.3 is 6.16 Å². The Hall–Kier alpha value is -2.35. The van der Waals surface area contributed by atoms with Gasteiger partial charge in [0.05, 0.1) is 13.5 Å². The third-order valence-corrected chi connectivity index (χ3v) is 4.58. The van der Waals surface area contributed by atoms with Crippen molar-refractivity contribution in [3.63, 3.8) is 0 Å². The predicted molar refractivity (Wildman–Crippen MR) is 91.0 cm³/mol. The minimum Gasteiger partial charge on any atom is -0.438 e. The Labute approximate surface area is 155 Å². The highest BCUT2D eigenvalue weighted by atomic mass is 35.5. The number of amides is 2. The molecule has 2 amide bonds. The van der Waals surface area contributed by atoms with E-state index in [1.807, 2.05) is 0 Å². The zero-order valence-corrected chi connectivity index (χ0v) is 15.3. The number of likely N-dealkylation sites (tertiary alicyclic amines) is 1. The summed E-state index contributed by atoms with van der Waals surface area (Å²) in [6, 6.07) is 4.14. The van der Waals surface area contributed by atoms with E-state index in [0.29, 0.717) is 13.1 Å². The van der Waals surface area contributed by atoms with E-state index >= 15 is 0 Å². The van der Waals surface area contributed by atoms with E-state index < -0.39 is 23.6 Å². The van der Waals surface area contributed by atoms with Crippen LogP contribution in [0.4, 0.5) is 9.18 Å². The van der Waals surface area contributed by atoms with E-state index in [1.165, 1.54) is 25.1 Å². The first kappa shape index (κ1) is 20.0. The molecule has 2 rings (SSSR count). The van der Waals surface area contributed by atoms with Crippen LogP contribution in [-0.4, -0.2) is 48.8 Å². The Balaban J connectivity index is 2.12. The summed E-state index contributed by atoms with van der Waals surface area (Å²) >= 11 is 5.94. The van der Waals surface area contributed by atoms with E-state index in [1.54, 1.807) is 4.90 Å². The Morgan fingerprint density at radius 1 is 1.31 bits per heavy atom. The average Bonchev–Trinajstić information content (AvgIpc) is 2.58. The van der Waals surface area contributed by atoms with E-state index in [2.05, 4.69) is 10.1 Å². The van der Waals surface area contributed by atoms with Crippen LogP contribution < -0.4 is 5.32 Å². The molecule has 1 heterocycles. The van der Waals surface area contributed by atoms with Crippen LogP contribution in [-0.2, 0) is 25.5 Å². The summed E-state index contributed by atoms with van der Waals surface area (Å²) < 4.78 is 23.7. The third kappa shape index (κ3) is 4.85. The summed E-state index contributed by atoms with van der Waals surface area (Å²) in [6.07, 6.45) is -0.879. The van der Waals surface area contributed by atoms with E-state index in [9.17, 15) is 18.8 Å². The second-order valence-electron chi connectivity index (χ2n) is 5.98. The molecule has 0 aromatic heterocycles. The minimum absolute atomic E-state index is 0.0565. The molecule has 7 nitrogen and oxygen atoms in total. The van der Waals surface area contributed by atoms with Crippen molar-refractivity contribution < 1.29 is 28.2 Å². The zero-order chi connectivity index (χ0) is 19.3. The molecule has 142 valence electrons. The molecule has 0 spiro atoms. The highest BCUT2D eigenvalue weighted by Crippen LogP contribution is 2.26. The molecule has 1 aliphatic rings. The number of hydrogen-bond donors (Lipinski definition) is 1. The lowest BCUT2D eigenvalue weighted by Crippen LogP contribution is -2.58. The molecule has 1 saturated heterocycles. The first-order chi connectivity index (χ1) is 12.3. The lowest BCUT2D eigenvalue weighted by atomic mass is 9.99. The lowest BCUT2D eigenvalue weighted by molar-refractivity contribution is -0.141. The normalized spacial score (nSPS) is 15.9. The first-order valence-corrected chi connectivity index (χ1v) is 8.40. The number of nitrogens with one attached hydrogen (secondary N) is 1. The summed E-state index contributed by atoms with van der Waals surface area (Å²) in [7, 11) is 1.15. The number of ether oxygens (including phenoxy) is 2. The monoisotopic (exact) mass is 386 g/mol. The molecule has 1 aliphatic heterocycles. The molecule has 0 bridgehead atoms. The summed E-state index contributed by atoms with van der Waals surface area (Å²) in [5.74, 6) is -1.26. The van der Waals surface area contributed by atoms with Gasteiger partial charge in [-0.2, -0.15) is 0 Å². The number of hydrogen-bond acceptors (Lipinski definition) is 5. The number of methoxy groups -OCH3 is 1. The van der Waals surface area contributed by atoms with Gasteiger partial charge in [0.15, 0.2) is 5.72 Å². The Kier molecular flexibility index (Phi) is 6.42. The van der Waals surface area contributed by atoms with Crippen LogP contribution in [0.3, 0.4) is 0 Å². The molecule has 0 saturated carbocycles. The van der Waals surface area contributed by atoms with Gasteiger partial charge < -0.3 is 19.7 Å². The van der Waals surface area contributed by atoms with Crippen LogP contribution in [0.1, 0.15) is 25.3 Å². The van der Waals surface area contributed by atoms with Gasteiger partial charge in [-0.3, -0.25) is 9.59 Å². The summed E-state index contributed by atoms with van der Waals surface area (Å²) in [4.78, 5) is 37.1. The van der Waals surface area contributed by atoms with Gasteiger partial charge in [-0.25, -0.2) is 9.18 Å². The molecule has 0 unspecified atom stereocenters. The van der Waals surface area contributed by atoms with E-state index in [-0.39, 0.29) is 35.8 Å². The summed E-state index contributed by atoms with van der Waals surface area (Å²) in [6.45, 7) is 2.03. The molecule has 1 fully saturated rings. The topological polar surface area (TPSA) is 84.9 Å². The van der Waals surface area contributed by atoms with Crippen LogP contribution in [0, 0.1) is 5.82 Å². The van der Waals surface area contributed by atoms with E-state index in [0.717, 1.165) is 7.11 Å². The quantitative estimate of drug-likeness (QED) is 0.633. The van der Waals surface area contributed by atoms with Crippen molar-refractivity contribution in [2.45, 2.75) is 31.9 Å². The minimum atomic E-state index is -1.33. The molecule has 0 atom stereocenters. The van der Waals surface area contributed by atoms with Crippen molar-refractivity contribution >= 4 is 29.6 Å². The molecular formula is C17H20ClFN2O5. The third-order valence-electron chi connectivity index (χ3n) is 4.23. The standard InChI is InChI=1S/C17H20ClFN2O5/c1-11(22)21-8-6-17(7-9-21,26-16(24)25-2)20-15(23)10-12-13(18)4-3-5-14(12)19/h3-5H,6-10H2,1-2H3,(H,20,23). The number of carbonyl (C=O) groups is 3. The molecule has 1 N–H and O–H groups in total. The number of piperidine rings is 1. The molecular weight excluding hydrogens is 367 g/mol. The molecule has 1 aromatic rings. The van der Waals surface area contributed by atoms with Gasteiger partial charge in [-0.1, -0.05) is 17.7 Å². The number of nitrogens with zero attached hydrogens (tertiary/aromatic N) is 1. The van der Waals surface area contributed by atoms with Crippen LogP contribution in [0.2, 0.25) is 5.02 Å². The lowest BCUT2D eigenvalue weighted by Gasteiger charge is -2.40. The van der Waals surface area contributed by atoms with Crippen LogP contribution in [0.25, 0.3) is 0 Å². The van der Waals surface area contributed by atoms with Gasteiger partial charge in [0.25, 0.3) is 0 Å². The van der Waals surface area contributed by atoms with Gasteiger partial charge in [0.1, 0.15) is 5.82 Å². The van der Waals surface area contributed by atoms with Gasteiger partial charge in [-0.15, -0.1) is 0 Å². The molecule has 1 aromatic carbocycles. The molecule has 0 aliphatic carbocycles. The van der Waals surface area contributed by atoms with Crippen LogP contribution >= 0.6 is 11.6 Å². The Morgan fingerprint density at radius 3 is 2.50 bits per heavy atom. The summed E-state index contributed by atoms with van der Waals surface area (Å²) in [5.41, 5.74) is -1.27. The molecule has 0 radical (unpaired) electrons. The fraction of sp³-hybridized carbons (Fsp3) is 0.471. The van der Waals surface area contributed by atoms with Crippen molar-refractivity contribution in [1.82, 2.24) is 10.2 Å². The van der Waals surface area contributed by atoms with Crippen molar-refractivity contribution in [3.8, 4) is 0 Å². The summed E-state index contributed by atoms with van der Waals surface area (Å²) in [5, 5.41) is 2.77. The average molecular weight is 387 g/mol. The molecule has 26 heavy (non-hydrogen) atoms. The molecule has 9 heteroatoms. The highest BCUT2D eigenvalue weighted by Gasteiger charge is 2.40. The second-order valence-corrected chi connectivity index (χ2v) is 6.39. The van der Waals surface area contributed by atoms with E-state index in [4.69, 9.17) is 16.3 Å². The smallest absolute Gasteiger partial charge is 0.438 e. The second kappa shape index (κ2) is 8.35.